The molecule has 1 atom stereocenters. The fourth-order valence-electron chi connectivity index (χ4n) is 0.410. The van der Waals surface area contributed by atoms with Crippen molar-refractivity contribution in [2.75, 3.05) is 0 Å². The van der Waals surface area contributed by atoms with Crippen LogP contribution in [0.3, 0.4) is 0 Å². The van der Waals surface area contributed by atoms with E-state index in [0.717, 1.165) is 0 Å². The zero-order chi connectivity index (χ0) is 6.91. The Hall–Kier alpha value is -0.810. The molecule has 0 aromatic heterocycles. The van der Waals surface area contributed by atoms with Crippen LogP contribution in [0.1, 0.15) is 0 Å². The second-order valence-electron chi connectivity index (χ2n) is 1.57. The fourth-order valence-corrected chi connectivity index (χ4v) is 1.23. The monoisotopic (exact) mass is 146 g/mol. The summed E-state index contributed by atoms with van der Waals surface area (Å²) in [6.45, 7) is 0. The molecule has 0 amide bonds. The van der Waals surface area contributed by atoms with Gasteiger partial charge in [0.25, 0.3) is 0 Å². The van der Waals surface area contributed by atoms with Gasteiger partial charge in [0.15, 0.2) is 0 Å². The average molecular weight is 146 g/mol. The summed E-state index contributed by atoms with van der Waals surface area (Å²) in [7, 11) is -2.18. The van der Waals surface area contributed by atoms with Gasteiger partial charge >= 0.3 is 5.30 Å². The van der Waals surface area contributed by atoms with Gasteiger partial charge in [-0.15, -0.1) is 0 Å². The van der Waals surface area contributed by atoms with Crippen LogP contribution in [0.2, 0.25) is 0 Å². The van der Waals surface area contributed by atoms with E-state index in [2.05, 4.69) is 4.99 Å². The van der Waals surface area contributed by atoms with Crippen LogP contribution >= 0.6 is 10.2 Å². The lowest BCUT2D eigenvalue weighted by molar-refractivity contribution is 0.221. The van der Waals surface area contributed by atoms with E-state index >= 15 is 0 Å². The molecule has 4 nitrogen and oxygen atoms in total. The number of carbonyl (C=O) groups is 1. The number of rotatable bonds is 0. The van der Waals surface area contributed by atoms with Gasteiger partial charge in [0, 0.05) is 6.20 Å². The molecule has 0 aromatic rings. The van der Waals surface area contributed by atoms with E-state index in [0.29, 0.717) is 0 Å². The van der Waals surface area contributed by atoms with E-state index in [-0.39, 0.29) is 0 Å². The molecule has 0 spiro atoms. The first-order valence-corrected chi connectivity index (χ1v) is 4.01. The quantitative estimate of drug-likeness (QED) is 0.532. The number of nitrogens with zero attached hydrogens (tertiary/aromatic N) is 1. The van der Waals surface area contributed by atoms with E-state index in [1.54, 1.807) is 0 Å². The van der Waals surface area contributed by atoms with Crippen molar-refractivity contribution >= 4 is 21.1 Å². The van der Waals surface area contributed by atoms with E-state index < -0.39 is 15.5 Å². The highest BCUT2D eigenvalue weighted by Gasteiger charge is 2.24. The maximum atomic E-state index is 10.3. The Kier molecular flexibility index (Phi) is 1.30. The highest BCUT2D eigenvalue weighted by atomic mass is 32.3. The van der Waals surface area contributed by atoms with E-state index in [4.69, 9.17) is 10.2 Å². The minimum Gasteiger partial charge on any atom is -0.473 e. The number of carboxylic acid groups (broad SMARTS) is 1. The first-order chi connectivity index (χ1) is 4.15. The van der Waals surface area contributed by atoms with Gasteiger partial charge in [0.05, 0.1) is 5.55 Å². The molecule has 0 aliphatic carbocycles. The van der Waals surface area contributed by atoms with Crippen molar-refractivity contribution in [2.45, 2.75) is 0 Å². The SMILES string of the molecule is NS1(C(=O)O)C=CN=C1. The summed E-state index contributed by atoms with van der Waals surface area (Å²) in [4.78, 5) is 13.9. The first kappa shape index (κ1) is 6.31. The molecule has 3 N–H and O–H groups in total. The second kappa shape index (κ2) is 1.85. The molecule has 5 heteroatoms. The van der Waals surface area contributed by atoms with Crippen molar-refractivity contribution < 1.29 is 9.90 Å². The number of hydrogen-bond acceptors (Lipinski definition) is 3. The highest BCUT2D eigenvalue weighted by Crippen LogP contribution is 2.41. The van der Waals surface area contributed by atoms with Crippen LogP contribution in [0.4, 0.5) is 4.79 Å². The Morgan fingerprint density at radius 1 is 1.78 bits per heavy atom. The summed E-state index contributed by atoms with van der Waals surface area (Å²) in [5, 5.41) is 14.2. The normalized spacial score (nSPS) is 38.3. The topological polar surface area (TPSA) is 75.7 Å². The van der Waals surface area contributed by atoms with Crippen molar-refractivity contribution in [1.82, 2.24) is 0 Å². The van der Waals surface area contributed by atoms with Crippen molar-refractivity contribution in [3.63, 3.8) is 0 Å². The molecule has 1 aliphatic heterocycles. The van der Waals surface area contributed by atoms with Crippen molar-refractivity contribution in [1.29, 1.82) is 0 Å². The molecule has 1 aliphatic rings. The van der Waals surface area contributed by atoms with E-state index in [9.17, 15) is 4.79 Å². The van der Waals surface area contributed by atoms with Crippen molar-refractivity contribution in [3.05, 3.63) is 11.6 Å². The lowest BCUT2D eigenvalue weighted by atomic mass is 11.1. The van der Waals surface area contributed by atoms with Gasteiger partial charge < -0.3 is 5.11 Å². The molecule has 0 aromatic carbocycles. The second-order valence-corrected chi connectivity index (χ2v) is 3.92. The van der Waals surface area contributed by atoms with Crippen LogP contribution in [0.25, 0.3) is 0 Å². The zero-order valence-electron chi connectivity index (χ0n) is 4.52. The maximum absolute atomic E-state index is 10.3. The molecule has 1 unspecified atom stereocenters. The van der Waals surface area contributed by atoms with Crippen LogP contribution in [-0.4, -0.2) is 16.0 Å². The minimum absolute atomic E-state index is 1.00. The molecular weight excluding hydrogens is 140 g/mol. The summed E-state index contributed by atoms with van der Waals surface area (Å²) in [6, 6.07) is 0. The van der Waals surface area contributed by atoms with Gasteiger partial charge in [-0.1, -0.05) is 0 Å². The Morgan fingerprint density at radius 2 is 2.44 bits per heavy atom. The average Bonchev–Trinajstić information content (AvgIpc) is 2.16. The summed E-state index contributed by atoms with van der Waals surface area (Å²) >= 11 is 0. The molecule has 0 bridgehead atoms. The maximum Gasteiger partial charge on any atom is 0.368 e. The molecule has 0 fully saturated rings. The smallest absolute Gasteiger partial charge is 0.368 e. The Balaban J connectivity index is 2.88. The van der Waals surface area contributed by atoms with Crippen LogP contribution in [-0.2, 0) is 0 Å². The first-order valence-electron chi connectivity index (χ1n) is 2.19. The van der Waals surface area contributed by atoms with Gasteiger partial charge in [-0.25, -0.2) is 4.79 Å². The molecule has 0 saturated heterocycles. The Labute approximate surface area is 53.5 Å². The zero-order valence-corrected chi connectivity index (χ0v) is 5.34. The third-order valence-corrected chi connectivity index (χ3v) is 2.56. The Morgan fingerprint density at radius 3 is 2.67 bits per heavy atom. The van der Waals surface area contributed by atoms with Crippen LogP contribution in [0.15, 0.2) is 16.6 Å². The fraction of sp³-hybridized carbons (Fsp3) is 0. The largest absolute Gasteiger partial charge is 0.473 e. The van der Waals surface area contributed by atoms with Gasteiger partial charge in [-0.2, -0.15) is 0 Å². The van der Waals surface area contributed by atoms with Crippen LogP contribution < -0.4 is 5.14 Å². The molecule has 0 radical (unpaired) electrons. The van der Waals surface area contributed by atoms with Crippen molar-refractivity contribution in [2.24, 2.45) is 10.1 Å². The van der Waals surface area contributed by atoms with E-state index in [1.165, 1.54) is 17.2 Å². The minimum atomic E-state index is -2.18. The summed E-state index contributed by atoms with van der Waals surface area (Å²) in [6.07, 6.45) is 1.41. The number of hydrogen-bond donors (Lipinski definition) is 2. The van der Waals surface area contributed by atoms with Gasteiger partial charge in [-0.3, -0.25) is 10.1 Å². The number of nitrogens with two attached hydrogens (primary N) is 1. The molecule has 1 rings (SSSR count). The molecule has 50 valence electrons. The van der Waals surface area contributed by atoms with Gasteiger partial charge in [0.1, 0.15) is 0 Å². The Bertz CT molecular complexity index is 187. The van der Waals surface area contributed by atoms with Gasteiger partial charge in [-0.05, 0) is 15.6 Å². The summed E-state index contributed by atoms with van der Waals surface area (Å²) in [5.41, 5.74) is 1.27. The van der Waals surface area contributed by atoms with Gasteiger partial charge in [0.2, 0.25) is 0 Å². The van der Waals surface area contributed by atoms with Crippen LogP contribution in [0.5, 0.6) is 0 Å². The highest BCUT2D eigenvalue weighted by molar-refractivity contribution is 8.54. The predicted octanol–water partition coefficient (Wildman–Crippen LogP) is 0.856. The van der Waals surface area contributed by atoms with Crippen molar-refractivity contribution in [3.8, 4) is 0 Å². The molecule has 0 saturated carbocycles. The number of aliphatic imine (C=N–C) groups is 1. The summed E-state index contributed by atoms with van der Waals surface area (Å²) in [5.74, 6) is 0. The predicted molar refractivity (Wildman–Crippen MR) is 37.4 cm³/mol. The van der Waals surface area contributed by atoms with E-state index in [1.807, 2.05) is 0 Å². The molecule has 1 heterocycles. The third-order valence-electron chi connectivity index (χ3n) is 0.910. The lowest BCUT2D eigenvalue weighted by Crippen LogP contribution is -2.15. The third kappa shape index (κ3) is 0.962. The standard InChI is InChI=1S/C4H6N2O2S/c5-9(4(7)8)2-1-6-3-9/h1-3H,5H2,(H,7,8). The molecule has 9 heavy (non-hydrogen) atoms. The van der Waals surface area contributed by atoms with Crippen LogP contribution in [0, 0.1) is 0 Å². The summed E-state index contributed by atoms with van der Waals surface area (Å²) < 4.78 is 0. The lowest BCUT2D eigenvalue weighted by Gasteiger charge is -2.15. The molecular formula is C4H6N2O2S.